The fourth-order valence-corrected chi connectivity index (χ4v) is 4.86. The fourth-order valence-electron chi connectivity index (χ4n) is 4.86. The van der Waals surface area contributed by atoms with Gasteiger partial charge in [-0.3, -0.25) is 24.6 Å². The van der Waals surface area contributed by atoms with Crippen LogP contribution in [0, 0.1) is 12.8 Å². The average Bonchev–Trinajstić information content (AvgIpc) is 3.12. The number of benzene rings is 2. The fraction of sp³-hybridized carbons (Fsp3) is 0.333. The first-order valence-electron chi connectivity index (χ1n) is 12.1. The molecule has 0 unspecified atom stereocenters. The Morgan fingerprint density at radius 2 is 1.91 bits per heavy atom. The Balaban J connectivity index is 1.25. The maximum absolute atomic E-state index is 13.0. The van der Waals surface area contributed by atoms with Gasteiger partial charge >= 0.3 is 0 Å². The second kappa shape index (κ2) is 10.8. The van der Waals surface area contributed by atoms with Crippen molar-refractivity contribution in [2.75, 3.05) is 38.0 Å². The second-order valence-electron chi connectivity index (χ2n) is 9.33. The van der Waals surface area contributed by atoms with Gasteiger partial charge in [-0.15, -0.1) is 0 Å². The van der Waals surface area contributed by atoms with Gasteiger partial charge in [0.25, 0.3) is 0 Å². The first kappa shape index (κ1) is 23.1. The minimum atomic E-state index is -0.00431. The van der Waals surface area contributed by atoms with Crippen molar-refractivity contribution in [1.29, 1.82) is 0 Å². The van der Waals surface area contributed by atoms with E-state index >= 15 is 0 Å². The smallest absolute Gasteiger partial charge is 0.238 e. The van der Waals surface area contributed by atoms with E-state index in [9.17, 15) is 4.79 Å². The molecule has 5 rings (SSSR count). The third kappa shape index (κ3) is 6.29. The highest BCUT2D eigenvalue weighted by atomic mass is 16.2. The van der Waals surface area contributed by atoms with Gasteiger partial charge in [0.15, 0.2) is 0 Å². The molecule has 35 heavy (non-hydrogen) atoms. The minimum absolute atomic E-state index is 0.00431. The predicted molar refractivity (Wildman–Crippen MR) is 137 cm³/mol. The van der Waals surface area contributed by atoms with Crippen molar-refractivity contribution in [3.8, 4) is 0 Å². The highest BCUT2D eigenvalue weighted by molar-refractivity contribution is 5.94. The molecule has 2 aromatic carbocycles. The molecule has 0 aliphatic carbocycles. The molecule has 0 radical (unpaired) electrons. The van der Waals surface area contributed by atoms with E-state index in [1.165, 1.54) is 5.56 Å². The molecule has 8 nitrogen and oxygen atoms in total. The lowest BCUT2D eigenvalue weighted by molar-refractivity contribution is -0.117. The Morgan fingerprint density at radius 3 is 2.74 bits per heavy atom. The van der Waals surface area contributed by atoms with Gasteiger partial charge in [-0.1, -0.05) is 30.3 Å². The molecule has 180 valence electrons. The highest BCUT2D eigenvalue weighted by Crippen LogP contribution is 2.19. The molecule has 3 heterocycles. The van der Waals surface area contributed by atoms with E-state index in [0.717, 1.165) is 67.4 Å². The Kier molecular flexibility index (Phi) is 7.11. The number of imidazole rings is 1. The SMILES string of the molecule is Cc1nc2ccc(NC(=O)CN3CCN(Cc4ccccc4)C[C@@H](Cc4cnccn4)C3)cc2[nH]1. The van der Waals surface area contributed by atoms with Crippen LogP contribution in [-0.4, -0.2) is 68.4 Å². The number of rotatable bonds is 7. The van der Waals surface area contributed by atoms with Crippen LogP contribution in [0.2, 0.25) is 0 Å². The molecular formula is C27H31N7O. The van der Waals surface area contributed by atoms with Gasteiger partial charge in [-0.25, -0.2) is 4.98 Å². The lowest BCUT2D eigenvalue weighted by Crippen LogP contribution is -2.37. The molecule has 2 aromatic heterocycles. The van der Waals surface area contributed by atoms with Crippen LogP contribution in [0.1, 0.15) is 17.1 Å². The number of carbonyl (C=O) groups excluding carboxylic acids is 1. The number of nitrogens with zero attached hydrogens (tertiary/aromatic N) is 5. The molecule has 2 N–H and O–H groups in total. The first-order valence-corrected chi connectivity index (χ1v) is 12.1. The van der Waals surface area contributed by atoms with Crippen molar-refractivity contribution in [2.24, 2.45) is 5.92 Å². The number of aromatic amines is 1. The minimum Gasteiger partial charge on any atom is -0.342 e. The number of hydrogen-bond acceptors (Lipinski definition) is 6. The van der Waals surface area contributed by atoms with Crippen LogP contribution < -0.4 is 5.32 Å². The van der Waals surface area contributed by atoms with Crippen LogP contribution in [0.5, 0.6) is 0 Å². The van der Waals surface area contributed by atoms with Crippen molar-refractivity contribution in [3.63, 3.8) is 0 Å². The Bertz CT molecular complexity index is 1260. The summed E-state index contributed by atoms with van der Waals surface area (Å²) in [5.41, 5.74) is 4.91. The van der Waals surface area contributed by atoms with Crippen molar-refractivity contribution in [3.05, 3.63) is 84.2 Å². The van der Waals surface area contributed by atoms with Gasteiger partial charge in [-0.2, -0.15) is 0 Å². The van der Waals surface area contributed by atoms with E-state index in [1.54, 1.807) is 12.4 Å². The van der Waals surface area contributed by atoms with E-state index in [1.807, 2.05) is 37.4 Å². The zero-order chi connectivity index (χ0) is 24.0. The third-order valence-corrected chi connectivity index (χ3v) is 6.38. The molecule has 0 saturated carbocycles. The number of aromatic nitrogens is 4. The van der Waals surface area contributed by atoms with Gasteiger partial charge in [-0.05, 0) is 43.0 Å². The van der Waals surface area contributed by atoms with Crippen LogP contribution in [-0.2, 0) is 17.8 Å². The van der Waals surface area contributed by atoms with Crippen LogP contribution in [0.25, 0.3) is 11.0 Å². The van der Waals surface area contributed by atoms with Gasteiger partial charge in [0.05, 0.1) is 23.3 Å². The van der Waals surface area contributed by atoms with Crippen molar-refractivity contribution < 1.29 is 4.79 Å². The number of anilines is 1. The van der Waals surface area contributed by atoms with Gasteiger partial charge < -0.3 is 10.3 Å². The lowest BCUT2D eigenvalue weighted by atomic mass is 10.0. The number of aryl methyl sites for hydroxylation is 1. The Hall–Kier alpha value is -3.62. The molecular weight excluding hydrogens is 438 g/mol. The molecule has 8 heteroatoms. The Labute approximate surface area is 205 Å². The monoisotopic (exact) mass is 469 g/mol. The highest BCUT2D eigenvalue weighted by Gasteiger charge is 2.25. The maximum atomic E-state index is 13.0. The summed E-state index contributed by atoms with van der Waals surface area (Å²) in [6.45, 7) is 6.75. The number of carbonyl (C=O) groups is 1. The first-order chi connectivity index (χ1) is 17.1. The molecule has 0 bridgehead atoms. The van der Waals surface area contributed by atoms with Gasteiger partial charge in [0.1, 0.15) is 5.82 Å². The molecule has 1 saturated heterocycles. The summed E-state index contributed by atoms with van der Waals surface area (Å²) < 4.78 is 0. The molecule has 1 aliphatic rings. The molecule has 1 aliphatic heterocycles. The van der Waals surface area contributed by atoms with Crippen LogP contribution >= 0.6 is 0 Å². The molecule has 1 fully saturated rings. The summed E-state index contributed by atoms with van der Waals surface area (Å²) in [6, 6.07) is 16.3. The number of nitrogens with one attached hydrogen (secondary N) is 2. The average molecular weight is 470 g/mol. The van der Waals surface area contributed by atoms with Gasteiger partial charge in [0, 0.05) is 57.0 Å². The number of fused-ring (bicyclic) bond motifs is 1. The van der Waals surface area contributed by atoms with Gasteiger partial charge in [0.2, 0.25) is 5.91 Å². The summed E-state index contributed by atoms with van der Waals surface area (Å²) in [7, 11) is 0. The van der Waals surface area contributed by atoms with Crippen molar-refractivity contribution in [2.45, 2.75) is 19.9 Å². The van der Waals surface area contributed by atoms with Crippen LogP contribution in [0.4, 0.5) is 5.69 Å². The summed E-state index contributed by atoms with van der Waals surface area (Å²) in [4.78, 5) is 34.1. The molecule has 0 spiro atoms. The van der Waals surface area contributed by atoms with Crippen molar-refractivity contribution >= 4 is 22.6 Å². The van der Waals surface area contributed by atoms with E-state index < -0.39 is 0 Å². The summed E-state index contributed by atoms with van der Waals surface area (Å²) in [5, 5.41) is 3.06. The van der Waals surface area contributed by atoms with E-state index in [2.05, 4.69) is 59.3 Å². The number of H-pyrrole nitrogens is 1. The second-order valence-corrected chi connectivity index (χ2v) is 9.33. The third-order valence-electron chi connectivity index (χ3n) is 6.38. The summed E-state index contributed by atoms with van der Waals surface area (Å²) in [6.07, 6.45) is 6.14. The van der Waals surface area contributed by atoms with E-state index in [-0.39, 0.29) is 5.91 Å². The normalized spacial score (nSPS) is 17.3. The number of amides is 1. The predicted octanol–water partition coefficient (Wildman–Crippen LogP) is 3.28. The number of hydrogen-bond donors (Lipinski definition) is 2. The summed E-state index contributed by atoms with van der Waals surface area (Å²) >= 11 is 0. The zero-order valence-electron chi connectivity index (χ0n) is 20.0. The van der Waals surface area contributed by atoms with Crippen LogP contribution in [0.3, 0.4) is 0 Å². The topological polar surface area (TPSA) is 90.0 Å². The van der Waals surface area contributed by atoms with Crippen LogP contribution in [0.15, 0.2) is 67.1 Å². The molecule has 1 atom stereocenters. The van der Waals surface area contributed by atoms with E-state index in [0.29, 0.717) is 12.5 Å². The maximum Gasteiger partial charge on any atom is 0.238 e. The van der Waals surface area contributed by atoms with Crippen molar-refractivity contribution in [1.82, 2.24) is 29.7 Å². The standard InChI is InChI=1S/C27H31N7O/c1-20-30-25-8-7-23(14-26(25)31-20)32-27(35)19-34-12-11-33(16-21-5-3-2-4-6-21)17-22(18-34)13-24-15-28-9-10-29-24/h2-10,14-15,22H,11-13,16-19H2,1H3,(H,30,31)(H,32,35)/t22-/m1/s1. The van der Waals surface area contributed by atoms with E-state index in [4.69, 9.17) is 0 Å². The lowest BCUT2D eigenvalue weighted by Gasteiger charge is -2.24. The summed E-state index contributed by atoms with van der Waals surface area (Å²) in [5.74, 6) is 1.22. The zero-order valence-corrected chi connectivity index (χ0v) is 20.0. The largest absolute Gasteiger partial charge is 0.342 e. The Morgan fingerprint density at radius 1 is 1.09 bits per heavy atom. The molecule has 1 amide bonds. The quantitative estimate of drug-likeness (QED) is 0.432. The molecule has 4 aromatic rings.